The van der Waals surface area contributed by atoms with E-state index in [1.165, 1.54) is 16.2 Å². The lowest BCUT2D eigenvalue weighted by atomic mass is 9.99. The lowest BCUT2D eigenvalue weighted by molar-refractivity contribution is -0.140. The first-order valence-electron chi connectivity index (χ1n) is 8.95. The molecule has 1 N–H and O–H groups in total. The van der Waals surface area contributed by atoms with Gasteiger partial charge in [0.1, 0.15) is 11.5 Å². The summed E-state index contributed by atoms with van der Waals surface area (Å²) in [5.41, 5.74) is 1.40. The molecule has 4 rings (SSSR count). The number of carbonyl (C=O) groups is 2. The molecule has 0 bridgehead atoms. The summed E-state index contributed by atoms with van der Waals surface area (Å²) in [5, 5.41) is 12.8. The van der Waals surface area contributed by atoms with Crippen LogP contribution in [0.25, 0.3) is 5.76 Å². The molecule has 1 aliphatic heterocycles. The Labute approximate surface area is 171 Å². The third-order valence-electron chi connectivity index (χ3n) is 4.82. The van der Waals surface area contributed by atoms with Crippen molar-refractivity contribution in [1.29, 1.82) is 0 Å². The summed E-state index contributed by atoms with van der Waals surface area (Å²) in [6.45, 7) is 0.245. The van der Waals surface area contributed by atoms with Gasteiger partial charge in [0.2, 0.25) is 0 Å². The molecule has 1 saturated heterocycles. The van der Waals surface area contributed by atoms with E-state index >= 15 is 0 Å². The number of amides is 1. The number of benzene rings is 1. The number of likely N-dealkylation sites (tertiary alicyclic amines) is 1. The fourth-order valence-electron chi connectivity index (χ4n) is 3.38. The molecule has 1 atom stereocenters. The number of ketones is 1. The van der Waals surface area contributed by atoms with Crippen LogP contribution < -0.4 is 4.74 Å². The van der Waals surface area contributed by atoms with E-state index in [0.717, 1.165) is 10.4 Å². The molecule has 6 nitrogen and oxygen atoms in total. The van der Waals surface area contributed by atoms with Crippen LogP contribution in [0.1, 0.15) is 22.0 Å². The Morgan fingerprint density at radius 3 is 2.48 bits per heavy atom. The number of pyridine rings is 1. The monoisotopic (exact) mass is 406 g/mol. The Morgan fingerprint density at radius 1 is 1.14 bits per heavy atom. The van der Waals surface area contributed by atoms with Crippen molar-refractivity contribution in [2.75, 3.05) is 7.11 Å². The zero-order valence-electron chi connectivity index (χ0n) is 15.6. The number of aromatic nitrogens is 1. The quantitative estimate of drug-likeness (QED) is 0.396. The molecule has 146 valence electrons. The zero-order valence-corrected chi connectivity index (χ0v) is 16.4. The van der Waals surface area contributed by atoms with Gasteiger partial charge in [-0.15, -0.1) is 11.3 Å². The number of thiophene rings is 1. The van der Waals surface area contributed by atoms with E-state index in [-0.39, 0.29) is 17.9 Å². The minimum absolute atomic E-state index is 0.0941. The van der Waals surface area contributed by atoms with Gasteiger partial charge < -0.3 is 14.7 Å². The van der Waals surface area contributed by atoms with Crippen LogP contribution >= 0.6 is 11.3 Å². The van der Waals surface area contributed by atoms with Crippen LogP contribution in [0.15, 0.2) is 71.9 Å². The number of rotatable bonds is 5. The predicted molar refractivity (Wildman–Crippen MR) is 109 cm³/mol. The predicted octanol–water partition coefficient (Wildman–Crippen LogP) is 3.77. The van der Waals surface area contributed by atoms with Gasteiger partial charge in [0.15, 0.2) is 0 Å². The first-order valence-corrected chi connectivity index (χ1v) is 9.83. The van der Waals surface area contributed by atoms with Gasteiger partial charge in [0, 0.05) is 29.4 Å². The highest BCUT2D eigenvalue weighted by Crippen LogP contribution is 2.41. The van der Waals surface area contributed by atoms with Gasteiger partial charge in [-0.25, -0.2) is 0 Å². The molecule has 3 heterocycles. The van der Waals surface area contributed by atoms with Gasteiger partial charge in [-0.3, -0.25) is 14.6 Å². The average Bonchev–Trinajstić information content (AvgIpc) is 3.37. The second-order valence-corrected chi connectivity index (χ2v) is 7.51. The summed E-state index contributed by atoms with van der Waals surface area (Å²) < 4.78 is 5.15. The highest BCUT2D eigenvalue weighted by Gasteiger charge is 2.46. The van der Waals surface area contributed by atoms with E-state index in [4.69, 9.17) is 4.74 Å². The van der Waals surface area contributed by atoms with Crippen molar-refractivity contribution in [1.82, 2.24) is 9.88 Å². The van der Waals surface area contributed by atoms with Crippen LogP contribution in [0.2, 0.25) is 0 Å². The van der Waals surface area contributed by atoms with E-state index in [2.05, 4.69) is 4.98 Å². The van der Waals surface area contributed by atoms with Crippen molar-refractivity contribution in [2.24, 2.45) is 0 Å². The first-order chi connectivity index (χ1) is 14.1. The number of ether oxygens (including phenoxy) is 1. The molecule has 0 saturated carbocycles. The van der Waals surface area contributed by atoms with Crippen molar-refractivity contribution >= 4 is 28.8 Å². The van der Waals surface area contributed by atoms with Crippen LogP contribution in [-0.4, -0.2) is 33.8 Å². The van der Waals surface area contributed by atoms with Gasteiger partial charge in [0.25, 0.3) is 11.7 Å². The normalized spacial score (nSPS) is 18.2. The molecule has 3 aromatic rings. The molecule has 1 fully saturated rings. The number of methoxy groups -OCH3 is 1. The summed E-state index contributed by atoms with van der Waals surface area (Å²) >= 11 is 1.44. The summed E-state index contributed by atoms with van der Waals surface area (Å²) in [4.78, 5) is 32.1. The number of Topliss-reactive ketones (excluding diaryl/α,β-unsaturated/α-hetero) is 1. The Hall–Kier alpha value is -3.45. The van der Waals surface area contributed by atoms with Crippen molar-refractivity contribution in [2.45, 2.75) is 12.6 Å². The van der Waals surface area contributed by atoms with E-state index in [1.54, 1.807) is 55.9 Å². The van der Waals surface area contributed by atoms with Crippen LogP contribution in [0, 0.1) is 0 Å². The largest absolute Gasteiger partial charge is 0.507 e. The molecule has 1 aliphatic rings. The standard InChI is InChI=1S/C22H18N2O4S/c1-28-16-6-4-15(5-7-16)20(25)18-19(17-3-2-12-29-17)24(22(27)21(18)26)13-14-8-10-23-11-9-14/h2-12,19,25H,13H2,1H3/b20-18-. The Balaban J connectivity index is 1.81. The molecular formula is C22H18N2O4S. The van der Waals surface area contributed by atoms with Gasteiger partial charge in [0.05, 0.1) is 18.7 Å². The number of hydrogen-bond donors (Lipinski definition) is 1. The molecule has 0 aliphatic carbocycles. The molecule has 0 radical (unpaired) electrons. The number of aliphatic hydroxyl groups excluding tert-OH is 1. The molecule has 7 heteroatoms. The molecule has 2 aromatic heterocycles. The Morgan fingerprint density at radius 2 is 1.86 bits per heavy atom. The van der Waals surface area contributed by atoms with Crippen molar-refractivity contribution < 1.29 is 19.4 Å². The first kappa shape index (κ1) is 18.9. The van der Waals surface area contributed by atoms with Crippen molar-refractivity contribution in [3.8, 4) is 5.75 Å². The van der Waals surface area contributed by atoms with E-state index in [0.29, 0.717) is 11.3 Å². The molecule has 29 heavy (non-hydrogen) atoms. The Bertz CT molecular complexity index is 1060. The van der Waals surface area contributed by atoms with Crippen molar-refractivity contribution in [3.63, 3.8) is 0 Å². The van der Waals surface area contributed by atoms with Crippen LogP contribution in [0.4, 0.5) is 0 Å². The Kier molecular flexibility index (Phi) is 5.14. The third-order valence-corrected chi connectivity index (χ3v) is 5.74. The maximum absolute atomic E-state index is 12.9. The topological polar surface area (TPSA) is 79.7 Å². The van der Waals surface area contributed by atoms with E-state index in [1.807, 2.05) is 17.5 Å². The van der Waals surface area contributed by atoms with Gasteiger partial charge in [-0.2, -0.15) is 0 Å². The van der Waals surface area contributed by atoms with Crippen LogP contribution in [-0.2, 0) is 16.1 Å². The van der Waals surface area contributed by atoms with Crippen LogP contribution in [0.5, 0.6) is 5.75 Å². The van der Waals surface area contributed by atoms with Gasteiger partial charge in [-0.1, -0.05) is 6.07 Å². The maximum atomic E-state index is 12.9. The summed E-state index contributed by atoms with van der Waals surface area (Å²) in [7, 11) is 1.55. The maximum Gasteiger partial charge on any atom is 0.295 e. The minimum atomic E-state index is -0.689. The molecule has 1 unspecified atom stereocenters. The lowest BCUT2D eigenvalue weighted by Crippen LogP contribution is -2.28. The van der Waals surface area contributed by atoms with Gasteiger partial charge in [-0.05, 0) is 53.4 Å². The number of carbonyl (C=O) groups excluding carboxylic acids is 2. The number of aliphatic hydroxyl groups is 1. The second-order valence-electron chi connectivity index (χ2n) is 6.53. The highest BCUT2D eigenvalue weighted by molar-refractivity contribution is 7.10. The van der Waals surface area contributed by atoms with E-state index < -0.39 is 17.7 Å². The third kappa shape index (κ3) is 3.52. The van der Waals surface area contributed by atoms with Crippen molar-refractivity contribution in [3.05, 3.63) is 87.9 Å². The molecule has 1 aromatic carbocycles. The molecular weight excluding hydrogens is 388 g/mol. The van der Waals surface area contributed by atoms with Gasteiger partial charge >= 0.3 is 0 Å². The molecule has 1 amide bonds. The summed E-state index contributed by atoms with van der Waals surface area (Å²) in [6, 6.07) is 13.4. The average molecular weight is 406 g/mol. The number of nitrogens with zero attached hydrogens (tertiary/aromatic N) is 2. The lowest BCUT2D eigenvalue weighted by Gasteiger charge is -2.24. The fraction of sp³-hybridized carbons (Fsp3) is 0.136. The van der Waals surface area contributed by atoms with E-state index in [9.17, 15) is 14.7 Å². The summed E-state index contributed by atoms with van der Waals surface area (Å²) in [6.07, 6.45) is 3.28. The molecule has 0 spiro atoms. The highest BCUT2D eigenvalue weighted by atomic mass is 32.1. The SMILES string of the molecule is COc1ccc(/C(O)=C2/C(=O)C(=O)N(Cc3ccncc3)C2c2cccs2)cc1. The fourth-order valence-corrected chi connectivity index (χ4v) is 4.22. The van der Waals surface area contributed by atoms with Crippen LogP contribution in [0.3, 0.4) is 0 Å². The second kappa shape index (κ2) is 7.89. The minimum Gasteiger partial charge on any atom is -0.507 e. The number of hydrogen-bond acceptors (Lipinski definition) is 6. The smallest absolute Gasteiger partial charge is 0.295 e. The zero-order chi connectivity index (χ0) is 20.4. The summed E-state index contributed by atoms with van der Waals surface area (Å²) in [5.74, 6) is -0.878.